The summed E-state index contributed by atoms with van der Waals surface area (Å²) in [6.45, 7) is 2.02. The molecule has 4 rings (SSSR count). The number of nitrogens with zero attached hydrogens (tertiary/aromatic N) is 1. The predicted octanol–water partition coefficient (Wildman–Crippen LogP) is 4.19. The molecule has 0 spiro atoms. The number of hydrogen-bond acceptors (Lipinski definition) is 7. The minimum atomic E-state index is -0.780. The first-order valence-electron chi connectivity index (χ1n) is 11.1. The van der Waals surface area contributed by atoms with Crippen LogP contribution in [0.5, 0.6) is 11.5 Å². The van der Waals surface area contributed by atoms with Crippen LogP contribution in [-0.4, -0.2) is 44.8 Å². The van der Waals surface area contributed by atoms with E-state index in [0.29, 0.717) is 28.3 Å². The molecule has 180 valence electrons. The van der Waals surface area contributed by atoms with Gasteiger partial charge in [0.15, 0.2) is 0 Å². The lowest BCUT2D eigenvalue weighted by Gasteiger charge is -2.46. The van der Waals surface area contributed by atoms with Gasteiger partial charge in [-0.1, -0.05) is 12.1 Å². The summed E-state index contributed by atoms with van der Waals surface area (Å²) < 4.78 is 21.1. The summed E-state index contributed by atoms with van der Waals surface area (Å²) >= 11 is 0. The molecule has 0 radical (unpaired) electrons. The molecule has 3 aromatic carbocycles. The number of amides is 1. The van der Waals surface area contributed by atoms with Gasteiger partial charge in [0.1, 0.15) is 17.5 Å². The lowest BCUT2D eigenvalue weighted by atomic mass is 9.89. The van der Waals surface area contributed by atoms with E-state index in [2.05, 4.69) is 0 Å². The van der Waals surface area contributed by atoms with Gasteiger partial charge in [-0.25, -0.2) is 9.59 Å². The van der Waals surface area contributed by atoms with Crippen molar-refractivity contribution in [1.29, 1.82) is 0 Å². The second kappa shape index (κ2) is 10.3. The summed E-state index contributed by atoms with van der Waals surface area (Å²) in [4.78, 5) is 38.7. The fourth-order valence-electron chi connectivity index (χ4n) is 3.90. The largest absolute Gasteiger partial charge is 0.497 e. The number of rotatable bonds is 8. The van der Waals surface area contributed by atoms with Crippen molar-refractivity contribution in [2.75, 3.05) is 25.7 Å². The fourth-order valence-corrected chi connectivity index (χ4v) is 3.90. The molecule has 8 heteroatoms. The first-order valence-corrected chi connectivity index (χ1v) is 11.1. The van der Waals surface area contributed by atoms with E-state index in [1.54, 1.807) is 91.7 Å². The van der Waals surface area contributed by atoms with Crippen molar-refractivity contribution in [2.45, 2.75) is 19.1 Å². The average Bonchev–Trinajstić information content (AvgIpc) is 2.90. The first-order chi connectivity index (χ1) is 17.0. The molecule has 0 aromatic heterocycles. The Morgan fingerprint density at radius 1 is 0.800 bits per heavy atom. The molecule has 8 nitrogen and oxygen atoms in total. The molecule has 1 aliphatic rings. The smallest absolute Gasteiger partial charge is 0.338 e. The van der Waals surface area contributed by atoms with Crippen LogP contribution in [0.3, 0.4) is 0 Å². The highest BCUT2D eigenvalue weighted by Crippen LogP contribution is 2.41. The summed E-state index contributed by atoms with van der Waals surface area (Å²) in [7, 11) is 2.89. The van der Waals surface area contributed by atoms with E-state index in [-0.39, 0.29) is 12.5 Å². The Hall–Kier alpha value is -4.33. The zero-order chi connectivity index (χ0) is 24.9. The number of carbonyl (C=O) groups excluding carboxylic acids is 3. The molecule has 35 heavy (non-hydrogen) atoms. The molecule has 0 saturated carbocycles. The van der Waals surface area contributed by atoms with E-state index in [1.165, 1.54) is 7.11 Å². The third-order valence-corrected chi connectivity index (χ3v) is 5.70. The number of methoxy groups -OCH3 is 2. The van der Waals surface area contributed by atoms with Crippen LogP contribution < -0.4 is 14.4 Å². The molecule has 1 aliphatic heterocycles. The number of esters is 2. The zero-order valence-corrected chi connectivity index (χ0v) is 19.6. The van der Waals surface area contributed by atoms with Gasteiger partial charge >= 0.3 is 11.9 Å². The van der Waals surface area contributed by atoms with E-state index >= 15 is 0 Å². The molecule has 2 atom stereocenters. The molecule has 0 aliphatic carbocycles. The Morgan fingerprint density at radius 2 is 1.37 bits per heavy atom. The van der Waals surface area contributed by atoms with Crippen LogP contribution in [-0.2, 0) is 14.3 Å². The van der Waals surface area contributed by atoms with Gasteiger partial charge in [-0.3, -0.25) is 9.69 Å². The lowest BCUT2D eigenvalue weighted by molar-refractivity contribution is -0.135. The summed E-state index contributed by atoms with van der Waals surface area (Å²) in [5.41, 5.74) is 2.19. The maximum Gasteiger partial charge on any atom is 0.338 e. The van der Waals surface area contributed by atoms with Crippen molar-refractivity contribution in [3.8, 4) is 11.5 Å². The quantitative estimate of drug-likeness (QED) is 0.356. The van der Waals surface area contributed by atoms with Crippen LogP contribution in [0.2, 0.25) is 0 Å². The molecule has 0 unspecified atom stereocenters. The van der Waals surface area contributed by atoms with Crippen molar-refractivity contribution in [2.24, 2.45) is 0 Å². The van der Waals surface area contributed by atoms with Crippen LogP contribution in [0.25, 0.3) is 0 Å². The number of carbonyl (C=O) groups is 3. The van der Waals surface area contributed by atoms with Gasteiger partial charge in [0, 0.05) is 5.69 Å². The number of anilines is 1. The summed E-state index contributed by atoms with van der Waals surface area (Å²) in [5.74, 6) is 0.100. The molecular weight excluding hydrogens is 450 g/mol. The van der Waals surface area contributed by atoms with Crippen molar-refractivity contribution in [3.05, 3.63) is 89.5 Å². The number of β-lactam (4-membered cyclic amide) rings is 1. The van der Waals surface area contributed by atoms with Gasteiger partial charge in [-0.05, 0) is 73.2 Å². The SMILES string of the molecule is CCOC(=O)c1ccc(N2C(=O)[C@H](Oc3ccc(OC)cc3)[C@H]2c2ccc(C(=O)OC)cc2)cc1. The van der Waals surface area contributed by atoms with E-state index in [1.807, 2.05) is 0 Å². The van der Waals surface area contributed by atoms with E-state index in [9.17, 15) is 14.4 Å². The number of ether oxygens (including phenoxy) is 4. The highest BCUT2D eigenvalue weighted by atomic mass is 16.5. The van der Waals surface area contributed by atoms with Gasteiger partial charge in [0.2, 0.25) is 6.10 Å². The number of benzene rings is 3. The molecule has 0 N–H and O–H groups in total. The summed E-state index contributed by atoms with van der Waals surface area (Å²) in [6.07, 6.45) is -0.780. The summed E-state index contributed by atoms with van der Waals surface area (Å²) in [6, 6.07) is 20.0. The van der Waals surface area contributed by atoms with Crippen LogP contribution in [0.4, 0.5) is 5.69 Å². The van der Waals surface area contributed by atoms with Gasteiger partial charge in [0.05, 0.1) is 32.0 Å². The Kier molecular flexibility index (Phi) is 7.01. The molecule has 1 saturated heterocycles. The van der Waals surface area contributed by atoms with Gasteiger partial charge in [0.25, 0.3) is 5.91 Å². The van der Waals surface area contributed by atoms with Gasteiger partial charge < -0.3 is 18.9 Å². The van der Waals surface area contributed by atoms with Crippen LogP contribution >= 0.6 is 0 Å². The molecule has 0 bridgehead atoms. The van der Waals surface area contributed by atoms with Gasteiger partial charge in [-0.2, -0.15) is 0 Å². The van der Waals surface area contributed by atoms with Crippen LogP contribution in [0.1, 0.15) is 39.2 Å². The average molecular weight is 475 g/mol. The molecule has 3 aromatic rings. The normalized spacial score (nSPS) is 16.8. The molecule has 1 fully saturated rings. The van der Waals surface area contributed by atoms with Crippen molar-refractivity contribution < 1.29 is 33.3 Å². The van der Waals surface area contributed by atoms with Crippen molar-refractivity contribution in [3.63, 3.8) is 0 Å². The highest BCUT2D eigenvalue weighted by molar-refractivity contribution is 6.05. The second-order valence-electron chi connectivity index (χ2n) is 7.75. The maximum absolute atomic E-state index is 13.2. The van der Waals surface area contributed by atoms with Crippen molar-refractivity contribution in [1.82, 2.24) is 0 Å². The topological polar surface area (TPSA) is 91.4 Å². The Bertz CT molecular complexity index is 1200. The minimum Gasteiger partial charge on any atom is -0.497 e. The van der Waals surface area contributed by atoms with E-state index < -0.39 is 24.1 Å². The Labute approximate surface area is 203 Å². The first kappa shape index (κ1) is 23.8. The minimum absolute atomic E-state index is 0.230. The maximum atomic E-state index is 13.2. The molecule has 1 heterocycles. The third kappa shape index (κ3) is 4.82. The highest BCUT2D eigenvalue weighted by Gasteiger charge is 2.51. The second-order valence-corrected chi connectivity index (χ2v) is 7.75. The molecular formula is C27H25NO7. The zero-order valence-electron chi connectivity index (χ0n) is 19.6. The Balaban J connectivity index is 1.64. The van der Waals surface area contributed by atoms with Crippen molar-refractivity contribution >= 4 is 23.5 Å². The van der Waals surface area contributed by atoms with Crippen LogP contribution in [0.15, 0.2) is 72.8 Å². The van der Waals surface area contributed by atoms with E-state index in [4.69, 9.17) is 18.9 Å². The Morgan fingerprint density at radius 3 is 1.94 bits per heavy atom. The standard InChI is InChI=1S/C27H25NO7/c1-4-34-27(31)19-9-11-20(12-10-19)28-23(17-5-7-18(8-6-17)26(30)33-3)24(25(28)29)35-22-15-13-21(32-2)14-16-22/h5-16,23-24H,4H2,1-3H3/t23-,24-/m1/s1. The predicted molar refractivity (Wildman–Crippen MR) is 128 cm³/mol. The monoisotopic (exact) mass is 475 g/mol. The summed E-state index contributed by atoms with van der Waals surface area (Å²) in [5, 5.41) is 0. The van der Waals surface area contributed by atoms with Crippen LogP contribution in [0, 0.1) is 0 Å². The fraction of sp³-hybridized carbons (Fsp3) is 0.222. The number of hydrogen-bond donors (Lipinski definition) is 0. The third-order valence-electron chi connectivity index (χ3n) is 5.70. The van der Waals surface area contributed by atoms with E-state index in [0.717, 1.165) is 5.56 Å². The van der Waals surface area contributed by atoms with Gasteiger partial charge in [-0.15, -0.1) is 0 Å². The lowest BCUT2D eigenvalue weighted by Crippen LogP contribution is -2.61. The molecule has 1 amide bonds.